The summed E-state index contributed by atoms with van der Waals surface area (Å²) < 4.78 is 11.1. The smallest absolute Gasteiger partial charge is 0.326 e. The number of benzene rings is 2. The van der Waals surface area contributed by atoms with Gasteiger partial charge in [0.05, 0.1) is 19.9 Å². The lowest BCUT2D eigenvalue weighted by Crippen LogP contribution is -2.42. The number of nitrogens with zero attached hydrogens (tertiary/aromatic N) is 2. The first-order valence-corrected chi connectivity index (χ1v) is 12.1. The second-order valence-corrected chi connectivity index (χ2v) is 9.09. The first-order chi connectivity index (χ1) is 18.2. The van der Waals surface area contributed by atoms with Gasteiger partial charge in [0.25, 0.3) is 5.91 Å². The van der Waals surface area contributed by atoms with Crippen LogP contribution in [-0.2, 0) is 17.8 Å². The van der Waals surface area contributed by atoms with Gasteiger partial charge in [0.15, 0.2) is 5.76 Å². The summed E-state index contributed by atoms with van der Waals surface area (Å²) in [4.78, 5) is 33.4. The quantitative estimate of drug-likeness (QED) is 0.278. The third kappa shape index (κ3) is 6.36. The van der Waals surface area contributed by atoms with Crippen LogP contribution in [0.4, 0.5) is 5.82 Å². The Balaban J connectivity index is 1.39. The maximum Gasteiger partial charge on any atom is 0.326 e. The van der Waals surface area contributed by atoms with Gasteiger partial charge in [-0.05, 0) is 43.5 Å². The number of aromatic nitrogens is 2. The molecule has 9 heteroatoms. The third-order valence-corrected chi connectivity index (χ3v) is 6.13. The molecule has 1 amide bonds. The van der Waals surface area contributed by atoms with E-state index in [9.17, 15) is 14.7 Å². The minimum atomic E-state index is -1.09. The van der Waals surface area contributed by atoms with Crippen LogP contribution in [0, 0.1) is 20.8 Å². The van der Waals surface area contributed by atoms with E-state index in [2.05, 4.69) is 20.6 Å². The summed E-state index contributed by atoms with van der Waals surface area (Å²) in [6.45, 7) is 6.01. The van der Waals surface area contributed by atoms with Gasteiger partial charge in [-0.2, -0.15) is 0 Å². The monoisotopic (exact) mass is 514 g/mol. The Bertz CT molecular complexity index is 1420. The maximum absolute atomic E-state index is 12.9. The molecular weight excluding hydrogens is 484 g/mol. The van der Waals surface area contributed by atoms with Crippen molar-refractivity contribution in [2.24, 2.45) is 0 Å². The van der Waals surface area contributed by atoms with Gasteiger partial charge in [0.2, 0.25) is 5.89 Å². The van der Waals surface area contributed by atoms with E-state index in [0.29, 0.717) is 35.3 Å². The zero-order chi connectivity index (χ0) is 27.2. The summed E-state index contributed by atoms with van der Waals surface area (Å²) >= 11 is 0. The van der Waals surface area contributed by atoms with Gasteiger partial charge in [0.1, 0.15) is 17.6 Å². The lowest BCUT2D eigenvalue weighted by atomic mass is 9.98. The molecule has 4 aromatic rings. The Morgan fingerprint density at radius 3 is 2.39 bits per heavy atom. The van der Waals surface area contributed by atoms with E-state index in [4.69, 9.17) is 9.15 Å². The molecule has 2 aromatic heterocycles. The minimum absolute atomic E-state index is 0.143. The second kappa shape index (κ2) is 11.6. The van der Waals surface area contributed by atoms with E-state index in [1.165, 1.54) is 0 Å². The van der Waals surface area contributed by atoms with E-state index in [1.54, 1.807) is 31.6 Å². The van der Waals surface area contributed by atoms with Gasteiger partial charge in [-0.1, -0.05) is 42.0 Å². The number of carbonyl (C=O) groups is 2. The fourth-order valence-electron chi connectivity index (χ4n) is 4.34. The lowest BCUT2D eigenvalue weighted by molar-refractivity contribution is -0.139. The van der Waals surface area contributed by atoms with Crippen LogP contribution < -0.4 is 15.4 Å². The molecule has 2 aromatic carbocycles. The minimum Gasteiger partial charge on any atom is -0.497 e. The number of hydrogen-bond donors (Lipinski definition) is 3. The van der Waals surface area contributed by atoms with Gasteiger partial charge in [-0.3, -0.25) is 4.79 Å². The van der Waals surface area contributed by atoms with E-state index in [1.807, 2.05) is 57.2 Å². The molecule has 4 rings (SSSR count). The number of oxazole rings is 1. The molecule has 0 aliphatic rings. The summed E-state index contributed by atoms with van der Waals surface area (Å²) in [5.41, 5.74) is 4.76. The van der Waals surface area contributed by atoms with E-state index in [0.717, 1.165) is 27.8 Å². The van der Waals surface area contributed by atoms with Crippen LogP contribution in [0.25, 0.3) is 11.3 Å². The average molecular weight is 515 g/mol. The topological polar surface area (TPSA) is 127 Å². The Hall–Kier alpha value is -4.66. The van der Waals surface area contributed by atoms with Gasteiger partial charge < -0.3 is 24.9 Å². The number of hydrogen-bond acceptors (Lipinski definition) is 7. The van der Waals surface area contributed by atoms with Crippen molar-refractivity contribution in [2.45, 2.75) is 39.8 Å². The number of nitrogens with one attached hydrogen (secondary N) is 2. The number of carboxylic acid groups (broad SMARTS) is 1. The normalized spacial score (nSPS) is 11.6. The van der Waals surface area contributed by atoms with Crippen LogP contribution in [0.2, 0.25) is 0 Å². The van der Waals surface area contributed by atoms with Crippen LogP contribution in [0.1, 0.15) is 38.5 Å². The number of carbonyl (C=O) groups excluding carboxylic acids is 1. The molecule has 0 saturated heterocycles. The van der Waals surface area contributed by atoms with Crippen LogP contribution in [0.5, 0.6) is 5.75 Å². The van der Waals surface area contributed by atoms with Crippen LogP contribution in [-0.4, -0.2) is 40.1 Å². The summed E-state index contributed by atoms with van der Waals surface area (Å²) in [7, 11) is 1.59. The highest BCUT2D eigenvalue weighted by atomic mass is 16.5. The number of anilines is 1. The number of aryl methyl sites for hydroxylation is 3. The molecule has 0 aliphatic heterocycles. The number of carboxylic acids is 1. The van der Waals surface area contributed by atoms with Crippen molar-refractivity contribution in [1.82, 2.24) is 15.3 Å². The number of amides is 1. The molecule has 2 heterocycles. The summed E-state index contributed by atoms with van der Waals surface area (Å²) in [5, 5.41) is 15.6. The van der Waals surface area contributed by atoms with Crippen molar-refractivity contribution in [3.63, 3.8) is 0 Å². The fraction of sp³-hybridized carbons (Fsp3) is 0.241. The molecule has 9 nitrogen and oxygen atoms in total. The number of methoxy groups -OCH3 is 1. The molecule has 0 bridgehead atoms. The largest absolute Gasteiger partial charge is 0.497 e. The zero-order valence-corrected chi connectivity index (χ0v) is 21.7. The van der Waals surface area contributed by atoms with Gasteiger partial charge in [-0.15, -0.1) is 0 Å². The molecular formula is C29H30N4O5. The van der Waals surface area contributed by atoms with Crippen molar-refractivity contribution in [3.8, 4) is 17.1 Å². The Morgan fingerprint density at radius 1 is 1.03 bits per heavy atom. The van der Waals surface area contributed by atoms with Gasteiger partial charge in [0, 0.05) is 29.8 Å². The maximum atomic E-state index is 12.9. The van der Waals surface area contributed by atoms with E-state index >= 15 is 0 Å². The molecule has 0 saturated carbocycles. The summed E-state index contributed by atoms with van der Waals surface area (Å²) in [6.07, 6.45) is 3.43. The van der Waals surface area contributed by atoms with Crippen LogP contribution >= 0.6 is 0 Å². The zero-order valence-electron chi connectivity index (χ0n) is 21.7. The predicted octanol–water partition coefficient (Wildman–Crippen LogP) is 4.71. The summed E-state index contributed by atoms with van der Waals surface area (Å²) in [5.74, 6) is 0.921. The highest BCUT2D eigenvalue weighted by Crippen LogP contribution is 2.23. The van der Waals surface area contributed by atoms with Crippen LogP contribution in [0.3, 0.4) is 0 Å². The van der Waals surface area contributed by atoms with Crippen molar-refractivity contribution < 1.29 is 23.8 Å². The Labute approximate surface area is 220 Å². The molecule has 3 N–H and O–H groups in total. The summed E-state index contributed by atoms with van der Waals surface area (Å²) in [6, 6.07) is 13.6. The molecule has 1 atom stereocenters. The first-order valence-electron chi connectivity index (χ1n) is 12.1. The molecule has 0 aliphatic carbocycles. The predicted molar refractivity (Wildman–Crippen MR) is 143 cm³/mol. The van der Waals surface area contributed by atoms with Crippen molar-refractivity contribution >= 4 is 17.7 Å². The van der Waals surface area contributed by atoms with E-state index < -0.39 is 17.9 Å². The molecule has 1 unspecified atom stereocenters. The molecule has 196 valence electrons. The van der Waals surface area contributed by atoms with Gasteiger partial charge >= 0.3 is 5.97 Å². The van der Waals surface area contributed by atoms with Crippen molar-refractivity contribution in [1.29, 1.82) is 0 Å². The van der Waals surface area contributed by atoms with Crippen molar-refractivity contribution in [3.05, 3.63) is 94.6 Å². The van der Waals surface area contributed by atoms with E-state index in [-0.39, 0.29) is 6.42 Å². The second-order valence-electron chi connectivity index (χ2n) is 9.09. The van der Waals surface area contributed by atoms with Crippen LogP contribution in [0.15, 0.2) is 65.3 Å². The standard InChI is InChI=1S/C29H30N4O5/c1-17-11-18(2)27(19(3)12-17)28(34)33-23(29(35)36)13-20-5-7-21(8-6-20)24-15-32-26(38-24)16-31-25-14-22(37-4)9-10-30-25/h5-12,14-15,23H,13,16H2,1-4H3,(H,30,31)(H,33,34)(H,35,36). The molecule has 0 radical (unpaired) electrons. The third-order valence-electron chi connectivity index (χ3n) is 6.13. The lowest BCUT2D eigenvalue weighted by Gasteiger charge is -2.17. The highest BCUT2D eigenvalue weighted by Gasteiger charge is 2.23. The Kier molecular flexibility index (Phi) is 8.06. The van der Waals surface area contributed by atoms with Gasteiger partial charge in [-0.25, -0.2) is 14.8 Å². The Morgan fingerprint density at radius 2 is 1.74 bits per heavy atom. The number of aliphatic carboxylic acids is 1. The average Bonchev–Trinajstić information content (AvgIpc) is 3.36. The highest BCUT2D eigenvalue weighted by molar-refractivity contribution is 5.99. The molecule has 38 heavy (non-hydrogen) atoms. The number of pyridine rings is 1. The van der Waals surface area contributed by atoms with Crippen molar-refractivity contribution in [2.75, 3.05) is 12.4 Å². The first kappa shape index (κ1) is 26.4. The SMILES string of the molecule is COc1ccnc(NCc2ncc(-c3ccc(CC(NC(=O)c4c(C)cc(C)cc4C)C(=O)O)cc3)o2)c1. The number of ether oxygens (including phenoxy) is 1. The number of rotatable bonds is 10. The molecule has 0 spiro atoms. The fourth-order valence-corrected chi connectivity index (χ4v) is 4.34. The molecule has 0 fully saturated rings.